The fourth-order valence-electron chi connectivity index (χ4n) is 2.90. The molecule has 1 fully saturated rings. The molecule has 1 heterocycles. The average molecular weight is 338 g/mol. The van der Waals surface area contributed by atoms with E-state index < -0.39 is 9.05 Å². The van der Waals surface area contributed by atoms with Gasteiger partial charge in [-0.3, -0.25) is 4.79 Å². The van der Waals surface area contributed by atoms with Gasteiger partial charge in [-0.05, 0) is 6.42 Å². The fraction of sp³-hybridized carbons (Fsp3) is 0.933. The molecule has 1 amide bonds. The van der Waals surface area contributed by atoms with Gasteiger partial charge in [0.25, 0.3) is 0 Å². The molecule has 0 radical (unpaired) electrons. The zero-order valence-electron chi connectivity index (χ0n) is 13.0. The monoisotopic (exact) mass is 337 g/mol. The van der Waals surface area contributed by atoms with Gasteiger partial charge in [0.15, 0.2) is 0 Å². The second-order valence-corrected chi connectivity index (χ2v) is 8.91. The topological polar surface area (TPSA) is 54.5 Å². The maximum Gasteiger partial charge on any atom is 0.232 e. The molecule has 4 nitrogen and oxygen atoms in total. The van der Waals surface area contributed by atoms with E-state index in [1.807, 2.05) is 0 Å². The molecule has 1 aliphatic rings. The van der Waals surface area contributed by atoms with Crippen LogP contribution in [0.15, 0.2) is 0 Å². The number of hydrogen-bond acceptors (Lipinski definition) is 3. The van der Waals surface area contributed by atoms with E-state index in [0.717, 1.165) is 19.4 Å². The standard InChI is InChI=1S/C15H28ClNO3S/c1-2-3-4-5-6-7-8-9-10-17-12-14(11-15(17)18)13-21(16,19)20/h14H,2-13H2,1H3. The second kappa shape index (κ2) is 9.67. The van der Waals surface area contributed by atoms with Crippen molar-refractivity contribution in [2.24, 2.45) is 5.92 Å². The number of nitrogens with zero attached hydrogens (tertiary/aromatic N) is 1. The third-order valence-corrected chi connectivity index (χ3v) is 5.26. The quantitative estimate of drug-likeness (QED) is 0.428. The van der Waals surface area contributed by atoms with E-state index in [-0.39, 0.29) is 17.6 Å². The second-order valence-electron chi connectivity index (χ2n) is 6.09. The highest BCUT2D eigenvalue weighted by molar-refractivity contribution is 8.13. The predicted molar refractivity (Wildman–Crippen MR) is 86.9 cm³/mol. The smallest absolute Gasteiger partial charge is 0.232 e. The van der Waals surface area contributed by atoms with E-state index in [0.29, 0.717) is 13.0 Å². The molecule has 0 aromatic rings. The number of halogens is 1. The SMILES string of the molecule is CCCCCCCCCCN1CC(CS(=O)(=O)Cl)CC1=O. The van der Waals surface area contributed by atoms with Gasteiger partial charge in [0.1, 0.15) is 0 Å². The molecule has 0 N–H and O–H groups in total. The minimum atomic E-state index is -3.50. The first-order chi connectivity index (χ1) is 9.92. The Labute approximate surface area is 133 Å². The number of amides is 1. The van der Waals surface area contributed by atoms with Gasteiger partial charge in [0.05, 0.1) is 5.75 Å². The summed E-state index contributed by atoms with van der Waals surface area (Å²) in [6.07, 6.45) is 10.2. The Morgan fingerprint density at radius 3 is 2.24 bits per heavy atom. The molecule has 1 atom stereocenters. The number of carbonyl (C=O) groups excluding carboxylic acids is 1. The number of unbranched alkanes of at least 4 members (excludes halogenated alkanes) is 7. The van der Waals surface area contributed by atoms with Gasteiger partial charge >= 0.3 is 0 Å². The van der Waals surface area contributed by atoms with Crippen LogP contribution in [-0.4, -0.2) is 38.1 Å². The lowest BCUT2D eigenvalue weighted by Crippen LogP contribution is -2.27. The molecule has 1 saturated heterocycles. The van der Waals surface area contributed by atoms with E-state index in [9.17, 15) is 13.2 Å². The van der Waals surface area contributed by atoms with Gasteiger partial charge in [-0.15, -0.1) is 0 Å². The lowest BCUT2D eigenvalue weighted by molar-refractivity contribution is -0.127. The Balaban J connectivity index is 2.09. The number of carbonyl (C=O) groups is 1. The van der Waals surface area contributed by atoms with Crippen molar-refractivity contribution < 1.29 is 13.2 Å². The summed E-state index contributed by atoms with van der Waals surface area (Å²) >= 11 is 0. The molecule has 1 unspecified atom stereocenters. The zero-order chi connectivity index (χ0) is 15.7. The van der Waals surface area contributed by atoms with Gasteiger partial charge in [0.2, 0.25) is 15.0 Å². The highest BCUT2D eigenvalue weighted by atomic mass is 35.7. The lowest BCUT2D eigenvalue weighted by Gasteiger charge is -2.16. The van der Waals surface area contributed by atoms with E-state index in [4.69, 9.17) is 10.7 Å². The Morgan fingerprint density at radius 1 is 1.10 bits per heavy atom. The maximum atomic E-state index is 11.8. The molecule has 0 spiro atoms. The van der Waals surface area contributed by atoms with Crippen molar-refractivity contribution in [1.29, 1.82) is 0 Å². The third kappa shape index (κ3) is 8.67. The van der Waals surface area contributed by atoms with Gasteiger partial charge in [-0.1, -0.05) is 51.9 Å². The van der Waals surface area contributed by atoms with Crippen molar-refractivity contribution in [3.8, 4) is 0 Å². The first kappa shape index (κ1) is 18.8. The molecule has 1 aliphatic heterocycles. The van der Waals surface area contributed by atoms with Gasteiger partial charge in [-0.2, -0.15) is 0 Å². The van der Waals surface area contributed by atoms with Gasteiger partial charge in [0, 0.05) is 36.1 Å². The van der Waals surface area contributed by atoms with E-state index in [1.54, 1.807) is 4.90 Å². The van der Waals surface area contributed by atoms with E-state index in [2.05, 4.69) is 6.92 Å². The minimum absolute atomic E-state index is 0.0725. The summed E-state index contributed by atoms with van der Waals surface area (Å²) in [6, 6.07) is 0. The molecule has 21 heavy (non-hydrogen) atoms. The van der Waals surface area contributed by atoms with Crippen molar-refractivity contribution in [2.75, 3.05) is 18.8 Å². The average Bonchev–Trinajstić information content (AvgIpc) is 2.70. The molecule has 0 aromatic heterocycles. The normalized spacial score (nSPS) is 19.4. The minimum Gasteiger partial charge on any atom is -0.342 e. The Morgan fingerprint density at radius 2 is 1.67 bits per heavy atom. The molecule has 0 aromatic carbocycles. The Hall–Kier alpha value is -0.290. The summed E-state index contributed by atoms with van der Waals surface area (Å²) < 4.78 is 22.1. The number of hydrogen-bond donors (Lipinski definition) is 0. The first-order valence-electron chi connectivity index (χ1n) is 8.12. The molecule has 124 valence electrons. The van der Waals surface area contributed by atoms with Crippen LogP contribution in [0, 0.1) is 5.92 Å². The Kier molecular flexibility index (Phi) is 8.64. The maximum absolute atomic E-state index is 11.8. The summed E-state index contributed by atoms with van der Waals surface area (Å²) in [6.45, 7) is 3.52. The van der Waals surface area contributed by atoms with Crippen LogP contribution in [0.1, 0.15) is 64.7 Å². The van der Waals surface area contributed by atoms with Crippen LogP contribution in [0.2, 0.25) is 0 Å². The molecule has 0 saturated carbocycles. The number of likely N-dealkylation sites (tertiary alicyclic amines) is 1. The predicted octanol–water partition coefficient (Wildman–Crippen LogP) is 3.54. The largest absolute Gasteiger partial charge is 0.342 e. The summed E-state index contributed by atoms with van der Waals surface area (Å²) in [5, 5.41) is 0. The van der Waals surface area contributed by atoms with Crippen molar-refractivity contribution >= 4 is 25.6 Å². The van der Waals surface area contributed by atoms with Crippen LogP contribution in [0.3, 0.4) is 0 Å². The zero-order valence-corrected chi connectivity index (χ0v) is 14.6. The van der Waals surface area contributed by atoms with Crippen LogP contribution < -0.4 is 0 Å². The first-order valence-corrected chi connectivity index (χ1v) is 10.6. The fourth-order valence-corrected chi connectivity index (χ4v) is 4.22. The molecular weight excluding hydrogens is 310 g/mol. The molecule has 0 aliphatic carbocycles. The summed E-state index contributed by atoms with van der Waals surface area (Å²) in [7, 11) is 1.75. The molecule has 0 bridgehead atoms. The highest BCUT2D eigenvalue weighted by Crippen LogP contribution is 2.21. The van der Waals surface area contributed by atoms with Crippen LogP contribution in [-0.2, 0) is 13.8 Å². The van der Waals surface area contributed by atoms with Crippen molar-refractivity contribution in [3.63, 3.8) is 0 Å². The van der Waals surface area contributed by atoms with E-state index in [1.165, 1.54) is 38.5 Å². The van der Waals surface area contributed by atoms with Crippen LogP contribution in [0.5, 0.6) is 0 Å². The third-order valence-electron chi connectivity index (χ3n) is 4.01. The highest BCUT2D eigenvalue weighted by Gasteiger charge is 2.31. The van der Waals surface area contributed by atoms with Gasteiger partial charge in [-0.25, -0.2) is 8.42 Å². The number of rotatable bonds is 11. The van der Waals surface area contributed by atoms with Crippen molar-refractivity contribution in [2.45, 2.75) is 64.7 Å². The van der Waals surface area contributed by atoms with Crippen LogP contribution in [0.25, 0.3) is 0 Å². The Bertz CT molecular complexity index is 411. The van der Waals surface area contributed by atoms with Crippen molar-refractivity contribution in [3.05, 3.63) is 0 Å². The van der Waals surface area contributed by atoms with Crippen molar-refractivity contribution in [1.82, 2.24) is 4.90 Å². The van der Waals surface area contributed by atoms with E-state index >= 15 is 0 Å². The van der Waals surface area contributed by atoms with Crippen LogP contribution >= 0.6 is 10.7 Å². The summed E-state index contributed by atoms with van der Waals surface area (Å²) in [4.78, 5) is 13.6. The molecular formula is C15H28ClNO3S. The van der Waals surface area contributed by atoms with Crippen LogP contribution in [0.4, 0.5) is 0 Å². The lowest BCUT2D eigenvalue weighted by atomic mass is 10.1. The molecule has 1 rings (SSSR count). The summed E-state index contributed by atoms with van der Waals surface area (Å²) in [5.74, 6) is -0.147. The summed E-state index contributed by atoms with van der Waals surface area (Å²) in [5.41, 5.74) is 0. The van der Waals surface area contributed by atoms with Gasteiger partial charge < -0.3 is 4.90 Å². The molecule has 6 heteroatoms.